The van der Waals surface area contributed by atoms with E-state index in [2.05, 4.69) is 15.9 Å². The van der Waals surface area contributed by atoms with Crippen LogP contribution in [0.1, 0.15) is 26.2 Å². The number of benzene rings is 1. The first-order chi connectivity index (χ1) is 9.97. The Morgan fingerprint density at radius 1 is 1.57 bits per heavy atom. The lowest BCUT2D eigenvalue weighted by Gasteiger charge is -2.36. The van der Waals surface area contributed by atoms with Crippen LogP contribution < -0.4 is 10.5 Å². The van der Waals surface area contributed by atoms with Gasteiger partial charge in [0.25, 0.3) is 0 Å². The smallest absolute Gasteiger partial charge is 0.226 e. The molecule has 0 aromatic heterocycles. The number of nitrogens with zero attached hydrogens (tertiary/aromatic N) is 1. The number of carbonyl (C=O) groups excluding carboxylic acids is 1. The lowest BCUT2D eigenvalue weighted by atomic mass is 9.99. The van der Waals surface area contributed by atoms with Gasteiger partial charge < -0.3 is 15.4 Å². The van der Waals surface area contributed by atoms with E-state index < -0.39 is 0 Å². The molecule has 116 valence electrons. The Kier molecular flexibility index (Phi) is 5.90. The number of piperidine rings is 1. The summed E-state index contributed by atoms with van der Waals surface area (Å²) in [7, 11) is 0. The summed E-state index contributed by atoms with van der Waals surface area (Å²) in [6.45, 7) is 3.15. The van der Waals surface area contributed by atoms with Gasteiger partial charge in [0.15, 0.2) is 0 Å². The second-order valence-electron chi connectivity index (χ2n) is 5.39. The molecule has 0 unspecified atom stereocenters. The Morgan fingerprint density at radius 3 is 3.00 bits per heavy atom. The highest BCUT2D eigenvalue weighted by Gasteiger charge is 2.26. The third kappa shape index (κ3) is 4.59. The van der Waals surface area contributed by atoms with Crippen molar-refractivity contribution in [3.63, 3.8) is 0 Å². The number of hydrogen-bond donors (Lipinski definition) is 1. The predicted molar refractivity (Wildman–Crippen MR) is 87.6 cm³/mol. The first-order valence-corrected chi connectivity index (χ1v) is 8.27. The van der Waals surface area contributed by atoms with E-state index in [4.69, 9.17) is 22.1 Å². The third-order valence-electron chi connectivity index (χ3n) is 3.70. The maximum atomic E-state index is 12.2. The van der Waals surface area contributed by atoms with Crippen molar-refractivity contribution in [1.29, 1.82) is 0 Å². The highest BCUT2D eigenvalue weighted by Crippen LogP contribution is 2.28. The van der Waals surface area contributed by atoms with E-state index in [1.165, 1.54) is 0 Å². The SMILES string of the molecule is C[C@@H]1C[C@H](N)CCN1C(=O)CCOc1ccc(Cl)cc1Br. The van der Waals surface area contributed by atoms with Crippen molar-refractivity contribution in [2.45, 2.75) is 38.3 Å². The van der Waals surface area contributed by atoms with E-state index in [9.17, 15) is 4.79 Å². The van der Waals surface area contributed by atoms with Gasteiger partial charge in [0.05, 0.1) is 17.5 Å². The van der Waals surface area contributed by atoms with Crippen LogP contribution in [0.2, 0.25) is 5.02 Å². The van der Waals surface area contributed by atoms with Crippen molar-refractivity contribution in [2.24, 2.45) is 5.73 Å². The molecule has 1 heterocycles. The minimum absolute atomic E-state index is 0.125. The van der Waals surface area contributed by atoms with Crippen LogP contribution in [0.3, 0.4) is 0 Å². The number of ether oxygens (including phenoxy) is 1. The highest BCUT2D eigenvalue weighted by molar-refractivity contribution is 9.10. The van der Waals surface area contributed by atoms with Gasteiger partial charge in [-0.3, -0.25) is 4.79 Å². The van der Waals surface area contributed by atoms with E-state index in [1.54, 1.807) is 18.2 Å². The third-order valence-corrected chi connectivity index (χ3v) is 4.56. The van der Waals surface area contributed by atoms with Gasteiger partial charge >= 0.3 is 0 Å². The van der Waals surface area contributed by atoms with Crippen LogP contribution in [-0.2, 0) is 4.79 Å². The molecule has 1 aliphatic rings. The fourth-order valence-corrected chi connectivity index (χ4v) is 3.36. The molecule has 21 heavy (non-hydrogen) atoms. The normalized spacial score (nSPS) is 22.2. The molecule has 0 bridgehead atoms. The van der Waals surface area contributed by atoms with Crippen molar-refractivity contribution in [3.05, 3.63) is 27.7 Å². The van der Waals surface area contributed by atoms with Crippen LogP contribution in [0.15, 0.2) is 22.7 Å². The Balaban J connectivity index is 1.81. The van der Waals surface area contributed by atoms with Gasteiger partial charge in [-0.05, 0) is 53.9 Å². The van der Waals surface area contributed by atoms with Crippen LogP contribution in [0.25, 0.3) is 0 Å². The van der Waals surface area contributed by atoms with E-state index in [0.717, 1.165) is 23.9 Å². The molecule has 0 saturated carbocycles. The maximum absolute atomic E-state index is 12.2. The van der Waals surface area contributed by atoms with Crippen molar-refractivity contribution in [2.75, 3.05) is 13.2 Å². The maximum Gasteiger partial charge on any atom is 0.226 e. The minimum atomic E-state index is 0.125. The molecule has 1 aromatic rings. The zero-order valence-corrected chi connectivity index (χ0v) is 14.4. The highest BCUT2D eigenvalue weighted by atomic mass is 79.9. The topological polar surface area (TPSA) is 55.6 Å². The van der Waals surface area contributed by atoms with Crippen molar-refractivity contribution in [3.8, 4) is 5.75 Å². The fourth-order valence-electron chi connectivity index (χ4n) is 2.56. The molecular weight excluding hydrogens is 356 g/mol. The van der Waals surface area contributed by atoms with Crippen LogP contribution >= 0.6 is 27.5 Å². The van der Waals surface area contributed by atoms with Gasteiger partial charge in [-0.2, -0.15) is 0 Å². The number of likely N-dealkylation sites (tertiary alicyclic amines) is 1. The standard InChI is InChI=1S/C15H20BrClN2O2/c1-10-8-12(18)4-6-19(10)15(20)5-7-21-14-3-2-11(17)9-13(14)16/h2-3,9-10,12H,4-8,18H2,1H3/t10-,12-/m1/s1. The van der Waals surface area contributed by atoms with Crippen molar-refractivity contribution >= 4 is 33.4 Å². The molecule has 4 nitrogen and oxygen atoms in total. The zero-order chi connectivity index (χ0) is 15.4. The molecule has 1 saturated heterocycles. The summed E-state index contributed by atoms with van der Waals surface area (Å²) in [4.78, 5) is 14.1. The molecule has 1 amide bonds. The van der Waals surface area contributed by atoms with Gasteiger partial charge in [-0.25, -0.2) is 0 Å². The van der Waals surface area contributed by atoms with Crippen LogP contribution in [-0.4, -0.2) is 36.0 Å². The molecule has 2 N–H and O–H groups in total. The summed E-state index contributed by atoms with van der Waals surface area (Å²) in [6.07, 6.45) is 2.11. The molecule has 1 aromatic carbocycles. The second-order valence-corrected chi connectivity index (χ2v) is 6.68. The Labute approximate surface area is 138 Å². The summed E-state index contributed by atoms with van der Waals surface area (Å²) in [6, 6.07) is 5.75. The first-order valence-electron chi connectivity index (χ1n) is 7.10. The van der Waals surface area contributed by atoms with Gasteiger partial charge in [0, 0.05) is 23.7 Å². The average Bonchev–Trinajstić information content (AvgIpc) is 2.41. The molecule has 1 fully saturated rings. The molecule has 2 rings (SSSR count). The molecule has 0 spiro atoms. The zero-order valence-electron chi connectivity index (χ0n) is 12.0. The number of amides is 1. The first kappa shape index (κ1) is 16.6. The van der Waals surface area contributed by atoms with E-state index in [1.807, 2.05) is 11.8 Å². The minimum Gasteiger partial charge on any atom is -0.492 e. The Morgan fingerprint density at radius 2 is 2.33 bits per heavy atom. The number of rotatable bonds is 4. The van der Waals surface area contributed by atoms with Gasteiger partial charge in [-0.1, -0.05) is 11.6 Å². The Hall–Kier alpha value is -0.780. The van der Waals surface area contributed by atoms with Crippen LogP contribution in [0.4, 0.5) is 0 Å². The van der Waals surface area contributed by atoms with E-state index >= 15 is 0 Å². The summed E-state index contributed by atoms with van der Waals surface area (Å²) in [5.41, 5.74) is 5.91. The average molecular weight is 376 g/mol. The number of carbonyl (C=O) groups is 1. The molecular formula is C15H20BrClN2O2. The quantitative estimate of drug-likeness (QED) is 0.879. The number of hydrogen-bond acceptors (Lipinski definition) is 3. The largest absolute Gasteiger partial charge is 0.492 e. The van der Waals surface area contributed by atoms with Crippen molar-refractivity contribution in [1.82, 2.24) is 4.90 Å². The van der Waals surface area contributed by atoms with Gasteiger partial charge in [0.2, 0.25) is 5.91 Å². The van der Waals surface area contributed by atoms with Gasteiger partial charge in [-0.15, -0.1) is 0 Å². The molecule has 6 heteroatoms. The lowest BCUT2D eigenvalue weighted by molar-refractivity contribution is -0.135. The summed E-state index contributed by atoms with van der Waals surface area (Å²) in [5.74, 6) is 0.820. The number of nitrogens with two attached hydrogens (primary N) is 1. The number of halogens is 2. The van der Waals surface area contributed by atoms with Crippen LogP contribution in [0, 0.1) is 0 Å². The van der Waals surface area contributed by atoms with Crippen LogP contribution in [0.5, 0.6) is 5.75 Å². The monoisotopic (exact) mass is 374 g/mol. The summed E-state index contributed by atoms with van der Waals surface area (Å²) < 4.78 is 6.42. The fraction of sp³-hybridized carbons (Fsp3) is 0.533. The van der Waals surface area contributed by atoms with E-state index in [-0.39, 0.29) is 18.0 Å². The Bertz CT molecular complexity index is 512. The molecule has 0 radical (unpaired) electrons. The molecule has 2 atom stereocenters. The summed E-state index contributed by atoms with van der Waals surface area (Å²) in [5, 5.41) is 0.642. The van der Waals surface area contributed by atoms with E-state index in [0.29, 0.717) is 23.8 Å². The second kappa shape index (κ2) is 7.47. The lowest BCUT2D eigenvalue weighted by Crippen LogP contribution is -2.48. The predicted octanol–water partition coefficient (Wildman–Crippen LogP) is 3.21. The summed E-state index contributed by atoms with van der Waals surface area (Å²) >= 11 is 9.26. The molecule has 1 aliphatic heterocycles. The molecule has 0 aliphatic carbocycles. The van der Waals surface area contributed by atoms with Crippen molar-refractivity contribution < 1.29 is 9.53 Å². The van der Waals surface area contributed by atoms with Gasteiger partial charge in [0.1, 0.15) is 5.75 Å².